The molecule has 1 aliphatic rings. The normalized spacial score (nSPS) is 21.5. The second-order valence-corrected chi connectivity index (χ2v) is 5.37. The maximum Gasteiger partial charge on any atom is 0.423 e. The molecule has 1 fully saturated rings. The Morgan fingerprint density at radius 2 is 1.32 bits per heavy atom. The molecule has 0 aliphatic heterocycles. The predicted molar refractivity (Wildman–Crippen MR) is 61.2 cm³/mol. The summed E-state index contributed by atoms with van der Waals surface area (Å²) in [5.41, 5.74) is -1.38. The minimum Gasteiger partial charge on any atom is -0.353 e. The molecule has 0 aromatic rings. The number of hydrogen-bond acceptors (Lipinski definition) is 1. The molecule has 1 aliphatic carbocycles. The van der Waals surface area contributed by atoms with E-state index in [9.17, 15) is 26.3 Å². The average molecular weight is 357 g/mol. The summed E-state index contributed by atoms with van der Waals surface area (Å²) in [6, 6.07) is 0. The molecule has 0 N–H and O–H groups in total. The molecule has 1 rings (SSSR count). The van der Waals surface area contributed by atoms with Gasteiger partial charge in [-0.15, -0.1) is 0 Å². The van der Waals surface area contributed by atoms with E-state index in [4.69, 9.17) is 0 Å². The van der Waals surface area contributed by atoms with Crippen LogP contribution in [0.4, 0.5) is 26.3 Å². The van der Waals surface area contributed by atoms with Crippen LogP contribution in [0, 0.1) is 0 Å². The maximum absolute atomic E-state index is 12.5. The molecule has 0 aromatic carbocycles. The number of alkyl halides is 7. The van der Waals surface area contributed by atoms with Gasteiger partial charge in [0.05, 0.1) is 5.60 Å². The molecule has 0 heterocycles. The molecule has 0 amide bonds. The molecule has 0 spiro atoms. The van der Waals surface area contributed by atoms with Crippen LogP contribution < -0.4 is 0 Å². The Morgan fingerprint density at radius 1 is 0.895 bits per heavy atom. The quantitative estimate of drug-likeness (QED) is 0.393. The first-order chi connectivity index (χ1) is 8.61. The highest BCUT2D eigenvalue weighted by molar-refractivity contribution is 9.09. The highest BCUT2D eigenvalue weighted by atomic mass is 79.9. The molecule has 1 saturated carbocycles. The van der Waals surface area contributed by atoms with Gasteiger partial charge in [-0.2, -0.15) is 26.3 Å². The van der Waals surface area contributed by atoms with E-state index >= 15 is 0 Å². The third kappa shape index (κ3) is 4.81. The van der Waals surface area contributed by atoms with E-state index < -0.39 is 24.1 Å². The summed E-state index contributed by atoms with van der Waals surface area (Å²) in [6.45, 7) is 0. The molecule has 0 aromatic heterocycles. The molecule has 1 nitrogen and oxygen atoms in total. The van der Waals surface area contributed by atoms with E-state index in [1.165, 1.54) is 0 Å². The molecule has 114 valence electrons. The van der Waals surface area contributed by atoms with Gasteiger partial charge in [0.25, 0.3) is 0 Å². The number of ether oxygens (including phenoxy) is 1. The van der Waals surface area contributed by atoms with Crippen LogP contribution >= 0.6 is 15.9 Å². The van der Waals surface area contributed by atoms with Crippen LogP contribution in [0.5, 0.6) is 0 Å². The summed E-state index contributed by atoms with van der Waals surface area (Å²) in [5.74, 6) is 0. The standard InChI is InChI=1S/C11H15BrF6O/c12-7-9(5-3-1-2-4-6-9)19-8(10(13,14)15)11(16,17)18/h8H,1-7H2. The Bertz CT molecular complexity index is 266. The highest BCUT2D eigenvalue weighted by Gasteiger charge is 2.60. The van der Waals surface area contributed by atoms with Gasteiger partial charge in [-0.3, -0.25) is 0 Å². The topological polar surface area (TPSA) is 9.23 Å². The van der Waals surface area contributed by atoms with E-state index in [0.29, 0.717) is 12.8 Å². The lowest BCUT2D eigenvalue weighted by molar-refractivity contribution is -0.343. The monoisotopic (exact) mass is 356 g/mol. The van der Waals surface area contributed by atoms with Crippen molar-refractivity contribution in [2.24, 2.45) is 0 Å². The second-order valence-electron chi connectivity index (χ2n) is 4.81. The summed E-state index contributed by atoms with van der Waals surface area (Å²) in [4.78, 5) is 0. The van der Waals surface area contributed by atoms with Gasteiger partial charge in [0, 0.05) is 5.33 Å². The summed E-state index contributed by atoms with van der Waals surface area (Å²) in [6.07, 6.45) is -11.4. The fourth-order valence-electron chi connectivity index (χ4n) is 2.23. The van der Waals surface area contributed by atoms with Gasteiger partial charge in [0.15, 0.2) is 0 Å². The first-order valence-corrected chi connectivity index (χ1v) is 7.10. The van der Waals surface area contributed by atoms with E-state index in [1.54, 1.807) is 0 Å². The summed E-state index contributed by atoms with van der Waals surface area (Å²) >= 11 is 3.01. The van der Waals surface area contributed by atoms with Gasteiger partial charge < -0.3 is 4.74 Å². The van der Waals surface area contributed by atoms with Crippen molar-refractivity contribution in [2.75, 3.05) is 5.33 Å². The fraction of sp³-hybridized carbons (Fsp3) is 1.00. The minimum atomic E-state index is -5.44. The van der Waals surface area contributed by atoms with Crippen molar-refractivity contribution in [2.45, 2.75) is 62.6 Å². The van der Waals surface area contributed by atoms with Crippen LogP contribution in [0.2, 0.25) is 0 Å². The lowest BCUT2D eigenvalue weighted by Crippen LogP contribution is -2.51. The van der Waals surface area contributed by atoms with E-state index in [2.05, 4.69) is 20.7 Å². The van der Waals surface area contributed by atoms with Crippen molar-refractivity contribution in [1.29, 1.82) is 0 Å². The first-order valence-electron chi connectivity index (χ1n) is 5.98. The minimum absolute atomic E-state index is 0.0251. The summed E-state index contributed by atoms with van der Waals surface area (Å²) in [7, 11) is 0. The first kappa shape index (κ1) is 17.1. The van der Waals surface area contributed by atoms with Crippen LogP contribution in [0.3, 0.4) is 0 Å². The van der Waals surface area contributed by atoms with Gasteiger partial charge in [0.1, 0.15) is 0 Å². The molecule has 0 saturated heterocycles. The van der Waals surface area contributed by atoms with Crippen molar-refractivity contribution in [1.82, 2.24) is 0 Å². The fourth-order valence-corrected chi connectivity index (χ4v) is 2.92. The second kappa shape index (κ2) is 6.20. The molecule has 0 radical (unpaired) electrons. The molecule has 0 unspecified atom stereocenters. The molecular weight excluding hydrogens is 342 g/mol. The Labute approximate surface area is 115 Å². The number of hydrogen-bond donors (Lipinski definition) is 0. The predicted octanol–water partition coefficient (Wildman–Crippen LogP) is 4.98. The van der Waals surface area contributed by atoms with Crippen molar-refractivity contribution >= 4 is 15.9 Å². The Morgan fingerprint density at radius 3 is 1.63 bits per heavy atom. The molecule has 0 bridgehead atoms. The Balaban J connectivity index is 2.92. The van der Waals surface area contributed by atoms with Crippen LogP contribution in [-0.4, -0.2) is 29.4 Å². The van der Waals surface area contributed by atoms with Gasteiger partial charge in [0.2, 0.25) is 6.10 Å². The zero-order chi connectivity index (χ0) is 14.7. The lowest BCUT2D eigenvalue weighted by Gasteiger charge is -2.36. The zero-order valence-corrected chi connectivity index (χ0v) is 11.7. The van der Waals surface area contributed by atoms with E-state index in [1.807, 2.05) is 0 Å². The van der Waals surface area contributed by atoms with E-state index in [0.717, 1.165) is 12.8 Å². The SMILES string of the molecule is FC(F)(F)C(OC1(CBr)CCCCCC1)C(F)(F)F. The maximum atomic E-state index is 12.5. The molecule has 19 heavy (non-hydrogen) atoms. The molecule has 0 atom stereocenters. The van der Waals surface area contributed by atoms with Crippen LogP contribution in [0.15, 0.2) is 0 Å². The summed E-state index contributed by atoms with van der Waals surface area (Å²) < 4.78 is 79.7. The van der Waals surface area contributed by atoms with Crippen molar-refractivity contribution < 1.29 is 31.1 Å². The molecular formula is C11H15BrF6O. The van der Waals surface area contributed by atoms with Gasteiger partial charge in [-0.05, 0) is 12.8 Å². The van der Waals surface area contributed by atoms with Crippen LogP contribution in [0.25, 0.3) is 0 Å². The smallest absolute Gasteiger partial charge is 0.353 e. The van der Waals surface area contributed by atoms with Crippen LogP contribution in [-0.2, 0) is 4.74 Å². The highest BCUT2D eigenvalue weighted by Crippen LogP contribution is 2.42. The third-order valence-electron chi connectivity index (χ3n) is 3.22. The Hall–Kier alpha value is 0.0200. The molecule has 8 heteroatoms. The van der Waals surface area contributed by atoms with Crippen LogP contribution in [0.1, 0.15) is 38.5 Å². The Kier molecular flexibility index (Phi) is 5.57. The van der Waals surface area contributed by atoms with Crippen molar-refractivity contribution in [3.8, 4) is 0 Å². The van der Waals surface area contributed by atoms with E-state index in [-0.39, 0.29) is 18.2 Å². The van der Waals surface area contributed by atoms with Gasteiger partial charge >= 0.3 is 12.4 Å². The zero-order valence-electron chi connectivity index (χ0n) is 10.1. The third-order valence-corrected chi connectivity index (χ3v) is 4.24. The summed E-state index contributed by atoms with van der Waals surface area (Å²) in [5, 5.41) is -0.0251. The van der Waals surface area contributed by atoms with Crippen molar-refractivity contribution in [3.63, 3.8) is 0 Å². The number of halogens is 7. The van der Waals surface area contributed by atoms with Crippen molar-refractivity contribution in [3.05, 3.63) is 0 Å². The van der Waals surface area contributed by atoms with Gasteiger partial charge in [-0.25, -0.2) is 0 Å². The van der Waals surface area contributed by atoms with Gasteiger partial charge in [-0.1, -0.05) is 41.6 Å². The lowest BCUT2D eigenvalue weighted by atomic mass is 9.96. The number of rotatable bonds is 3. The average Bonchev–Trinajstić information content (AvgIpc) is 2.49. The largest absolute Gasteiger partial charge is 0.423 e.